The molecule has 3 heterocycles. The smallest absolute Gasteiger partial charge is 0.491 e. The number of aromatic amines is 1. The molecule has 3 aromatic heterocycles. The standard InChI is InChI=1S/C24H27F3N6O5S/c25-24(26,27)38-18-10-16(9-17(11-18)36-6-4-34)13-28-3-1-2-5-35-7-8-37-23-19-14-29-32-20(19)12-21(31-23)22-15-30-33-39-22/h9-12,14-15,28,34H,1-8,13H2,(H,29,32). The Bertz CT molecular complexity index is 1310. The first-order valence-corrected chi connectivity index (χ1v) is 12.8. The Hall–Kier alpha value is -3.53. The number of nitrogens with zero attached hydrogens (tertiary/aromatic N) is 4. The van der Waals surface area contributed by atoms with Gasteiger partial charge in [0.15, 0.2) is 0 Å². The Balaban J connectivity index is 1.14. The van der Waals surface area contributed by atoms with Crippen LogP contribution < -0.4 is 19.5 Å². The van der Waals surface area contributed by atoms with Crippen LogP contribution >= 0.6 is 11.5 Å². The van der Waals surface area contributed by atoms with Crippen molar-refractivity contribution in [3.8, 4) is 28.0 Å². The van der Waals surface area contributed by atoms with Gasteiger partial charge in [-0.25, -0.2) is 4.98 Å². The summed E-state index contributed by atoms with van der Waals surface area (Å²) in [4.78, 5) is 5.37. The lowest BCUT2D eigenvalue weighted by molar-refractivity contribution is -0.274. The highest BCUT2D eigenvalue weighted by Gasteiger charge is 2.31. The van der Waals surface area contributed by atoms with Crippen molar-refractivity contribution in [2.45, 2.75) is 25.7 Å². The van der Waals surface area contributed by atoms with Gasteiger partial charge in [-0.3, -0.25) is 5.10 Å². The zero-order valence-electron chi connectivity index (χ0n) is 20.7. The molecule has 1 aromatic carbocycles. The van der Waals surface area contributed by atoms with Crippen LogP contribution in [0.3, 0.4) is 0 Å². The summed E-state index contributed by atoms with van der Waals surface area (Å²) in [6.45, 7) is 1.89. The van der Waals surface area contributed by atoms with E-state index in [4.69, 9.17) is 19.3 Å². The quantitative estimate of drug-likeness (QED) is 0.172. The molecule has 0 unspecified atom stereocenters. The summed E-state index contributed by atoms with van der Waals surface area (Å²) >= 11 is 1.24. The third-order valence-corrected chi connectivity index (χ3v) is 5.92. The minimum absolute atomic E-state index is 0.0332. The summed E-state index contributed by atoms with van der Waals surface area (Å²) in [6, 6.07) is 5.90. The van der Waals surface area contributed by atoms with E-state index in [-0.39, 0.29) is 24.7 Å². The summed E-state index contributed by atoms with van der Waals surface area (Å²) in [5.41, 5.74) is 2.05. The number of fused-ring (bicyclic) bond motifs is 1. The van der Waals surface area contributed by atoms with E-state index >= 15 is 0 Å². The van der Waals surface area contributed by atoms with Crippen molar-refractivity contribution in [1.82, 2.24) is 30.1 Å². The first-order valence-electron chi connectivity index (χ1n) is 12.1. The maximum atomic E-state index is 12.6. The molecule has 4 rings (SSSR count). The van der Waals surface area contributed by atoms with Crippen LogP contribution in [-0.2, 0) is 11.3 Å². The lowest BCUT2D eigenvalue weighted by atomic mass is 10.2. The molecule has 15 heteroatoms. The molecule has 0 radical (unpaired) electrons. The minimum Gasteiger partial charge on any atom is -0.491 e. The molecule has 0 aliphatic heterocycles. The number of aromatic nitrogens is 5. The Morgan fingerprint density at radius 3 is 2.64 bits per heavy atom. The molecule has 39 heavy (non-hydrogen) atoms. The number of nitrogens with one attached hydrogen (secondary N) is 2. The highest BCUT2D eigenvalue weighted by molar-refractivity contribution is 7.09. The van der Waals surface area contributed by atoms with Crippen molar-refractivity contribution in [3.63, 3.8) is 0 Å². The van der Waals surface area contributed by atoms with Crippen LogP contribution in [0.4, 0.5) is 13.2 Å². The molecule has 3 N–H and O–H groups in total. The molecule has 0 spiro atoms. The number of aliphatic hydroxyl groups is 1. The lowest BCUT2D eigenvalue weighted by Crippen LogP contribution is -2.18. The molecule has 0 fully saturated rings. The zero-order chi connectivity index (χ0) is 27.5. The molecule has 0 saturated heterocycles. The third kappa shape index (κ3) is 9.02. The molecule has 210 valence electrons. The van der Waals surface area contributed by atoms with Gasteiger partial charge in [-0.05, 0) is 54.7 Å². The molecule has 0 bridgehead atoms. The van der Waals surface area contributed by atoms with Gasteiger partial charge in [0.05, 0.1) is 47.1 Å². The van der Waals surface area contributed by atoms with E-state index in [0.717, 1.165) is 34.7 Å². The fourth-order valence-electron chi connectivity index (χ4n) is 3.59. The van der Waals surface area contributed by atoms with Crippen LogP contribution in [-0.4, -0.2) is 75.8 Å². The number of hydrogen-bond donors (Lipinski definition) is 3. The fourth-order valence-corrected chi connectivity index (χ4v) is 4.06. The summed E-state index contributed by atoms with van der Waals surface area (Å²) in [6.07, 6.45) is 0.0732. The van der Waals surface area contributed by atoms with E-state index in [9.17, 15) is 13.2 Å². The number of benzene rings is 1. The number of ether oxygens (including phenoxy) is 4. The Labute approximate surface area is 225 Å². The van der Waals surface area contributed by atoms with Crippen LogP contribution in [0.1, 0.15) is 18.4 Å². The fraction of sp³-hybridized carbons (Fsp3) is 0.417. The van der Waals surface area contributed by atoms with Gasteiger partial charge in [-0.15, -0.1) is 18.3 Å². The number of rotatable bonds is 16. The summed E-state index contributed by atoms with van der Waals surface area (Å²) in [5, 5.41) is 23.7. The Morgan fingerprint density at radius 1 is 0.974 bits per heavy atom. The summed E-state index contributed by atoms with van der Waals surface area (Å²) in [5.74, 6) is 0.266. The SMILES string of the molecule is OCCOc1cc(CNCCCCOCCOc2nc(-c3cnns3)cc3[nH]ncc23)cc(OC(F)(F)F)c1. The molecule has 0 aliphatic carbocycles. The Morgan fingerprint density at radius 2 is 1.85 bits per heavy atom. The van der Waals surface area contributed by atoms with E-state index in [1.54, 1.807) is 18.5 Å². The van der Waals surface area contributed by atoms with Crippen LogP contribution in [0.15, 0.2) is 36.7 Å². The summed E-state index contributed by atoms with van der Waals surface area (Å²) < 4.78 is 62.5. The number of hydrogen-bond acceptors (Lipinski definition) is 11. The number of unbranched alkanes of at least 4 members (excludes halogenated alkanes) is 1. The molecule has 0 atom stereocenters. The van der Waals surface area contributed by atoms with Crippen LogP contribution in [0.25, 0.3) is 21.5 Å². The van der Waals surface area contributed by atoms with Crippen molar-refractivity contribution < 1.29 is 37.2 Å². The number of H-pyrrole nitrogens is 1. The first kappa shape index (κ1) is 28.5. The van der Waals surface area contributed by atoms with Crippen molar-refractivity contribution in [2.75, 3.05) is 39.6 Å². The maximum absolute atomic E-state index is 12.6. The number of alkyl halides is 3. The summed E-state index contributed by atoms with van der Waals surface area (Å²) in [7, 11) is 0. The van der Waals surface area contributed by atoms with Gasteiger partial charge in [0, 0.05) is 19.2 Å². The van der Waals surface area contributed by atoms with Gasteiger partial charge < -0.3 is 29.4 Å². The van der Waals surface area contributed by atoms with E-state index in [1.807, 2.05) is 6.07 Å². The predicted molar refractivity (Wildman–Crippen MR) is 136 cm³/mol. The van der Waals surface area contributed by atoms with E-state index in [1.165, 1.54) is 17.6 Å². The highest BCUT2D eigenvalue weighted by Crippen LogP contribution is 2.30. The normalized spacial score (nSPS) is 11.7. The monoisotopic (exact) mass is 568 g/mol. The largest absolute Gasteiger partial charge is 0.573 e. The second-order valence-corrected chi connectivity index (χ2v) is 8.99. The van der Waals surface area contributed by atoms with Gasteiger partial charge in [0.2, 0.25) is 5.88 Å². The average Bonchev–Trinajstić information content (AvgIpc) is 3.60. The van der Waals surface area contributed by atoms with E-state index in [0.29, 0.717) is 50.0 Å². The second kappa shape index (κ2) is 14.0. The topological polar surface area (TPSA) is 137 Å². The molecule has 0 aliphatic rings. The van der Waals surface area contributed by atoms with Gasteiger partial charge in [0.25, 0.3) is 0 Å². The maximum Gasteiger partial charge on any atom is 0.573 e. The molecular formula is C24H27F3N6O5S. The molecule has 0 saturated carbocycles. The molecule has 4 aromatic rings. The highest BCUT2D eigenvalue weighted by atomic mass is 32.1. The van der Waals surface area contributed by atoms with Crippen molar-refractivity contribution in [3.05, 3.63) is 42.2 Å². The first-order chi connectivity index (χ1) is 18.9. The zero-order valence-corrected chi connectivity index (χ0v) is 21.6. The van der Waals surface area contributed by atoms with Gasteiger partial charge in [0.1, 0.15) is 24.7 Å². The lowest BCUT2D eigenvalue weighted by Gasteiger charge is -2.13. The van der Waals surface area contributed by atoms with E-state index < -0.39 is 6.36 Å². The second-order valence-electron chi connectivity index (χ2n) is 8.20. The van der Waals surface area contributed by atoms with Crippen LogP contribution in [0, 0.1) is 0 Å². The van der Waals surface area contributed by atoms with Crippen LogP contribution in [0.2, 0.25) is 0 Å². The van der Waals surface area contributed by atoms with Crippen LogP contribution in [0.5, 0.6) is 17.4 Å². The average molecular weight is 569 g/mol. The minimum atomic E-state index is -4.81. The predicted octanol–water partition coefficient (Wildman–Crippen LogP) is 3.71. The number of aliphatic hydroxyl groups excluding tert-OH is 1. The molecular weight excluding hydrogens is 541 g/mol. The van der Waals surface area contributed by atoms with E-state index in [2.05, 4.69) is 34.8 Å². The number of halogens is 3. The van der Waals surface area contributed by atoms with Crippen molar-refractivity contribution in [1.29, 1.82) is 0 Å². The van der Waals surface area contributed by atoms with Gasteiger partial charge in [-0.1, -0.05) is 4.49 Å². The van der Waals surface area contributed by atoms with Crippen molar-refractivity contribution >= 4 is 22.4 Å². The third-order valence-electron chi connectivity index (χ3n) is 5.24. The van der Waals surface area contributed by atoms with Gasteiger partial charge in [-0.2, -0.15) is 5.10 Å². The van der Waals surface area contributed by atoms with Gasteiger partial charge >= 0.3 is 6.36 Å². The molecule has 11 nitrogen and oxygen atoms in total. The van der Waals surface area contributed by atoms with Crippen molar-refractivity contribution in [2.24, 2.45) is 0 Å². The number of pyridine rings is 1. The Kier molecular flexibility index (Phi) is 10.2. The molecule has 0 amide bonds.